The van der Waals surface area contributed by atoms with Gasteiger partial charge in [-0.3, -0.25) is 0 Å². The summed E-state index contributed by atoms with van der Waals surface area (Å²) in [5, 5.41) is 14.7. The Labute approximate surface area is 369 Å². The number of aryl methyl sites for hydroxylation is 2. The second kappa shape index (κ2) is 25.3. The number of anilines is 1. The van der Waals surface area contributed by atoms with Crippen molar-refractivity contribution in [1.82, 2.24) is 0 Å². The van der Waals surface area contributed by atoms with E-state index in [9.17, 15) is 9.90 Å². The van der Waals surface area contributed by atoms with Gasteiger partial charge in [0.25, 0.3) is 0 Å². The summed E-state index contributed by atoms with van der Waals surface area (Å²) in [6, 6.07) is 16.1. The first kappa shape index (κ1) is 48.2. The van der Waals surface area contributed by atoms with Crippen LogP contribution in [-0.2, 0) is 9.53 Å². The maximum absolute atomic E-state index is 10.7. The monoisotopic (exact) mass is 837 g/mol. The molecule has 61 heavy (non-hydrogen) atoms. The number of rotatable bonds is 10. The molecule has 0 saturated heterocycles. The SMILES string of the molecule is C1CCC1.C=CC1CCC(C2CCC(OC)CC2)CC1.COc1cc(/C(N)=C/Nc2ccc(C)cc2C)c(OC)c2ccccc12.O=CC1CCC(C2CCC(O)CC2)CC1. The highest BCUT2D eigenvalue weighted by atomic mass is 16.5. The van der Waals surface area contributed by atoms with Crippen LogP contribution in [0.15, 0.2) is 67.4 Å². The van der Waals surface area contributed by atoms with Gasteiger partial charge in [0.15, 0.2) is 0 Å². The van der Waals surface area contributed by atoms with Crippen molar-refractivity contribution < 1.29 is 24.1 Å². The second-order valence-corrected chi connectivity index (χ2v) is 18.7. The fourth-order valence-corrected chi connectivity index (χ4v) is 10.4. The van der Waals surface area contributed by atoms with Gasteiger partial charge in [0, 0.05) is 41.3 Å². The minimum atomic E-state index is -0.0347. The first-order chi connectivity index (χ1) is 29.7. The predicted molar refractivity (Wildman–Crippen MR) is 255 cm³/mol. The van der Waals surface area contributed by atoms with Gasteiger partial charge in [-0.05, 0) is 164 Å². The molecule has 5 saturated carbocycles. The molecule has 0 heterocycles. The molecule has 5 aliphatic rings. The number of hydrogen-bond acceptors (Lipinski definition) is 7. The van der Waals surface area contributed by atoms with Crippen LogP contribution in [-0.4, -0.2) is 44.9 Å². The quantitative estimate of drug-likeness (QED) is 0.138. The van der Waals surface area contributed by atoms with Gasteiger partial charge in [-0.25, -0.2) is 0 Å². The Morgan fingerprint density at radius 3 is 1.69 bits per heavy atom. The Balaban J connectivity index is 0.000000173. The van der Waals surface area contributed by atoms with Crippen LogP contribution in [0.3, 0.4) is 0 Å². The van der Waals surface area contributed by atoms with Crippen molar-refractivity contribution in [2.24, 2.45) is 41.2 Å². The molecule has 8 rings (SSSR count). The lowest BCUT2D eigenvalue weighted by Gasteiger charge is -2.37. The number of carbonyl (C=O) groups excluding carboxylic acids is 1. The third-order valence-corrected chi connectivity index (χ3v) is 14.7. The van der Waals surface area contributed by atoms with Gasteiger partial charge in [0.1, 0.15) is 17.8 Å². The number of ether oxygens (including phenoxy) is 3. The van der Waals surface area contributed by atoms with E-state index >= 15 is 0 Å². The summed E-state index contributed by atoms with van der Waals surface area (Å²) in [6.45, 7) is 8.07. The number of benzene rings is 3. The van der Waals surface area contributed by atoms with Gasteiger partial charge in [-0.2, -0.15) is 0 Å². The zero-order valence-corrected chi connectivity index (χ0v) is 38.5. The van der Waals surface area contributed by atoms with E-state index in [1.54, 1.807) is 20.4 Å². The van der Waals surface area contributed by atoms with Crippen molar-refractivity contribution in [3.63, 3.8) is 0 Å². The third-order valence-electron chi connectivity index (χ3n) is 14.7. The van der Waals surface area contributed by atoms with Crippen LogP contribution in [0, 0.1) is 49.4 Å². The van der Waals surface area contributed by atoms with Gasteiger partial charge in [-0.15, -0.1) is 6.58 Å². The molecule has 7 nitrogen and oxygen atoms in total. The molecule has 4 N–H and O–H groups in total. The van der Waals surface area contributed by atoms with Gasteiger partial charge in [0.2, 0.25) is 0 Å². The molecule has 0 atom stereocenters. The number of methoxy groups -OCH3 is 3. The molecular weight excluding hydrogens is 757 g/mol. The number of aliphatic hydroxyl groups is 1. The number of allylic oxidation sites excluding steroid dienone is 1. The Morgan fingerprint density at radius 2 is 1.21 bits per heavy atom. The van der Waals surface area contributed by atoms with Gasteiger partial charge in [0.05, 0.1) is 32.1 Å². The van der Waals surface area contributed by atoms with Crippen molar-refractivity contribution in [3.8, 4) is 11.5 Å². The third kappa shape index (κ3) is 14.4. The van der Waals surface area contributed by atoms with Crippen LogP contribution in [0.25, 0.3) is 16.5 Å². The zero-order chi connectivity index (χ0) is 43.6. The second-order valence-electron chi connectivity index (χ2n) is 18.7. The average Bonchev–Trinajstić information content (AvgIpc) is 3.28. The molecule has 0 radical (unpaired) electrons. The summed E-state index contributed by atoms with van der Waals surface area (Å²) >= 11 is 0. The number of carbonyl (C=O) groups is 1. The van der Waals surface area contributed by atoms with Crippen molar-refractivity contribution in [1.29, 1.82) is 0 Å². The number of nitrogens with two attached hydrogens (primary N) is 1. The van der Waals surface area contributed by atoms with Crippen LogP contribution >= 0.6 is 0 Å². The smallest absolute Gasteiger partial charge is 0.136 e. The van der Waals surface area contributed by atoms with E-state index in [0.717, 1.165) is 101 Å². The van der Waals surface area contributed by atoms with Crippen molar-refractivity contribution >= 4 is 28.4 Å². The minimum absolute atomic E-state index is 0.0347. The lowest BCUT2D eigenvalue weighted by Crippen LogP contribution is -2.27. The Bertz CT molecular complexity index is 1780. The molecule has 5 aliphatic carbocycles. The van der Waals surface area contributed by atoms with Gasteiger partial charge < -0.3 is 35.2 Å². The molecule has 336 valence electrons. The number of aliphatic hydroxyl groups excluding tert-OH is 1. The standard InChI is InChI=1S/C22H24N2O2.C15H26O.C13H22O2.C4H8/c1-14-9-10-20(15(2)11-14)24-13-19(23)18-12-21(25-3)16-7-5-6-8-17(16)22(18)26-4;1-3-12-4-6-13(7-5-12)14-8-10-15(16-2)11-9-14;14-9-10-1-3-11(4-2-10)12-5-7-13(15)8-6-12;1-2-4-3-1/h5-13,24H,23H2,1-4H3;3,12-15H,1,4-11H2,2H3;9-13,15H,1-8H2;1-4H2/b19-13-;;;. The maximum atomic E-state index is 10.7. The Kier molecular flexibility index (Phi) is 20.0. The summed E-state index contributed by atoms with van der Waals surface area (Å²) in [5.74, 6) is 6.33. The summed E-state index contributed by atoms with van der Waals surface area (Å²) in [7, 11) is 5.18. The van der Waals surface area contributed by atoms with Gasteiger partial charge >= 0.3 is 0 Å². The van der Waals surface area contributed by atoms with E-state index in [4.69, 9.17) is 19.9 Å². The molecule has 0 amide bonds. The fraction of sp³-hybridized carbons (Fsp3) is 0.611. The van der Waals surface area contributed by atoms with Crippen molar-refractivity contribution in [3.05, 3.63) is 84.1 Å². The van der Waals surface area contributed by atoms with Crippen molar-refractivity contribution in [2.75, 3.05) is 26.6 Å². The highest BCUT2D eigenvalue weighted by molar-refractivity contribution is 5.97. The number of aldehydes is 1. The summed E-state index contributed by atoms with van der Waals surface area (Å²) in [6.07, 6.45) is 31.8. The number of hydrogen-bond donors (Lipinski definition) is 3. The zero-order valence-electron chi connectivity index (χ0n) is 38.5. The topological polar surface area (TPSA) is 103 Å². The highest BCUT2D eigenvalue weighted by Gasteiger charge is 2.31. The van der Waals surface area contributed by atoms with E-state index in [1.807, 2.05) is 43.5 Å². The first-order valence-corrected chi connectivity index (χ1v) is 23.9. The lowest BCUT2D eigenvalue weighted by molar-refractivity contribution is -0.112. The molecule has 7 heteroatoms. The Hall–Kier alpha value is -3.81. The van der Waals surface area contributed by atoms with Crippen LogP contribution in [0.5, 0.6) is 11.5 Å². The fourth-order valence-electron chi connectivity index (χ4n) is 10.4. The molecular formula is C54H80N2O5. The minimum Gasteiger partial charge on any atom is -0.496 e. The van der Waals surface area contributed by atoms with Crippen LogP contribution < -0.4 is 20.5 Å². The normalized spacial score (nSPS) is 27.5. The molecule has 3 aromatic rings. The van der Waals surface area contributed by atoms with Crippen molar-refractivity contribution in [2.45, 2.75) is 154 Å². The molecule has 0 aromatic heterocycles. The molecule has 3 aromatic carbocycles. The molecule has 0 aliphatic heterocycles. The first-order valence-electron chi connectivity index (χ1n) is 23.9. The average molecular weight is 837 g/mol. The maximum Gasteiger partial charge on any atom is 0.136 e. The van der Waals surface area contributed by atoms with Crippen LogP contribution in [0.4, 0.5) is 5.69 Å². The largest absolute Gasteiger partial charge is 0.496 e. The van der Waals surface area contributed by atoms with Gasteiger partial charge in [-0.1, -0.05) is 73.7 Å². The lowest BCUT2D eigenvalue weighted by atomic mass is 9.70. The molecule has 5 fully saturated rings. The van der Waals surface area contributed by atoms with E-state index in [-0.39, 0.29) is 6.10 Å². The number of nitrogens with one attached hydrogen (secondary N) is 1. The summed E-state index contributed by atoms with van der Waals surface area (Å²) in [4.78, 5) is 10.7. The van der Waals surface area contributed by atoms with E-state index in [2.05, 4.69) is 44.0 Å². The highest BCUT2D eigenvalue weighted by Crippen LogP contribution is 2.42. The van der Waals surface area contributed by atoms with E-state index in [1.165, 1.54) is 108 Å². The van der Waals surface area contributed by atoms with Crippen LogP contribution in [0.1, 0.15) is 145 Å². The number of fused-ring (bicyclic) bond motifs is 1. The summed E-state index contributed by atoms with van der Waals surface area (Å²) < 4.78 is 16.7. The summed E-state index contributed by atoms with van der Waals surface area (Å²) in [5.41, 5.74) is 11.2. The molecule has 0 spiro atoms. The van der Waals surface area contributed by atoms with E-state index < -0.39 is 0 Å². The molecule has 0 bridgehead atoms. The van der Waals surface area contributed by atoms with E-state index in [0.29, 0.717) is 17.7 Å². The Morgan fingerprint density at radius 1 is 0.689 bits per heavy atom. The van der Waals surface area contributed by atoms with Crippen LogP contribution in [0.2, 0.25) is 0 Å². The predicted octanol–water partition coefficient (Wildman–Crippen LogP) is 13.1. The molecule has 0 unspecified atom stereocenters.